The molecule has 1 aliphatic carbocycles. The van der Waals surface area contributed by atoms with Gasteiger partial charge in [-0.3, -0.25) is 4.57 Å². The van der Waals surface area contributed by atoms with Gasteiger partial charge in [0.25, 0.3) is 0 Å². The van der Waals surface area contributed by atoms with Crippen LogP contribution in [0.2, 0.25) is 0 Å². The van der Waals surface area contributed by atoms with Crippen LogP contribution in [0, 0.1) is 0 Å². The van der Waals surface area contributed by atoms with E-state index in [4.69, 9.17) is 0 Å². The van der Waals surface area contributed by atoms with Gasteiger partial charge in [-0.05, 0) is 65.3 Å². The standard InChI is InChI=1S/C29H31N3O2/c1-29(2,3)22-11-8-19(9-12-22)20-10-14-25-21(16-20)17-26(28(33)34)32(25)27-15-13-24(18-30-27)31-23-6-4-5-7-23/h8-18,23,31H,4-7H2,1-3H3,(H,33,34). The topological polar surface area (TPSA) is 67.2 Å². The maximum atomic E-state index is 12.1. The minimum absolute atomic E-state index is 0.102. The molecule has 174 valence electrons. The summed E-state index contributed by atoms with van der Waals surface area (Å²) in [7, 11) is 0. The van der Waals surface area contributed by atoms with Gasteiger partial charge < -0.3 is 10.4 Å². The van der Waals surface area contributed by atoms with Crippen LogP contribution < -0.4 is 5.32 Å². The minimum Gasteiger partial charge on any atom is -0.477 e. The molecule has 34 heavy (non-hydrogen) atoms. The predicted molar refractivity (Wildman–Crippen MR) is 138 cm³/mol. The second-order valence-corrected chi connectivity index (χ2v) is 10.3. The van der Waals surface area contributed by atoms with E-state index in [-0.39, 0.29) is 11.1 Å². The molecule has 2 aromatic carbocycles. The van der Waals surface area contributed by atoms with E-state index in [0.717, 1.165) is 27.7 Å². The molecule has 0 amide bonds. The molecule has 0 aliphatic heterocycles. The maximum absolute atomic E-state index is 12.1. The SMILES string of the molecule is CC(C)(C)c1ccc(-c2ccc3c(c2)cc(C(=O)O)n3-c2ccc(NC3CCCC3)cn2)cc1. The smallest absolute Gasteiger partial charge is 0.352 e. The highest BCUT2D eigenvalue weighted by Gasteiger charge is 2.19. The van der Waals surface area contributed by atoms with Crippen molar-refractivity contribution in [2.45, 2.75) is 57.9 Å². The quantitative estimate of drug-likeness (QED) is 0.340. The summed E-state index contributed by atoms with van der Waals surface area (Å²) in [4.78, 5) is 16.7. The lowest BCUT2D eigenvalue weighted by Gasteiger charge is -2.19. The van der Waals surface area contributed by atoms with E-state index in [1.54, 1.807) is 16.8 Å². The summed E-state index contributed by atoms with van der Waals surface area (Å²) in [6.07, 6.45) is 6.71. The number of aromatic carboxylic acids is 1. The Kier molecular flexibility index (Phi) is 5.64. The number of aromatic nitrogens is 2. The van der Waals surface area contributed by atoms with Crippen LogP contribution in [0.25, 0.3) is 27.8 Å². The van der Waals surface area contributed by atoms with E-state index in [2.05, 4.69) is 61.4 Å². The normalized spacial score (nSPS) is 14.6. The van der Waals surface area contributed by atoms with E-state index in [0.29, 0.717) is 11.9 Å². The highest BCUT2D eigenvalue weighted by atomic mass is 16.4. The van der Waals surface area contributed by atoms with Crippen LogP contribution >= 0.6 is 0 Å². The Morgan fingerprint density at radius 1 is 0.971 bits per heavy atom. The molecule has 1 aliphatic rings. The van der Waals surface area contributed by atoms with Gasteiger partial charge in [-0.25, -0.2) is 9.78 Å². The van der Waals surface area contributed by atoms with E-state index >= 15 is 0 Å². The number of rotatable bonds is 5. The zero-order valence-electron chi connectivity index (χ0n) is 20.0. The molecule has 0 bridgehead atoms. The Bertz CT molecular complexity index is 1320. The van der Waals surface area contributed by atoms with Crippen LogP contribution in [0.4, 0.5) is 5.69 Å². The van der Waals surface area contributed by atoms with Gasteiger partial charge in [0.05, 0.1) is 17.4 Å². The van der Waals surface area contributed by atoms with E-state index < -0.39 is 5.97 Å². The fourth-order valence-electron chi connectivity index (χ4n) is 4.87. The molecule has 5 rings (SSSR count). The summed E-state index contributed by atoms with van der Waals surface area (Å²) >= 11 is 0. The first kappa shape index (κ1) is 22.2. The number of benzene rings is 2. The van der Waals surface area contributed by atoms with Crippen LogP contribution in [0.3, 0.4) is 0 Å². The summed E-state index contributed by atoms with van der Waals surface area (Å²) in [6, 6.07) is 20.8. The van der Waals surface area contributed by atoms with E-state index in [9.17, 15) is 9.90 Å². The monoisotopic (exact) mass is 453 g/mol. The zero-order chi connectivity index (χ0) is 23.9. The van der Waals surface area contributed by atoms with Crippen molar-refractivity contribution in [3.63, 3.8) is 0 Å². The van der Waals surface area contributed by atoms with Crippen LogP contribution in [0.5, 0.6) is 0 Å². The molecule has 2 aromatic heterocycles. The molecule has 0 spiro atoms. The van der Waals surface area contributed by atoms with Crippen molar-refractivity contribution in [3.05, 3.63) is 78.1 Å². The van der Waals surface area contributed by atoms with E-state index in [1.807, 2.05) is 24.3 Å². The predicted octanol–water partition coefficient (Wildman–Crippen LogP) is 7.04. The Morgan fingerprint density at radius 2 is 1.68 bits per heavy atom. The van der Waals surface area contributed by atoms with Crippen molar-refractivity contribution < 1.29 is 9.90 Å². The number of carboxylic acids is 1. The molecule has 5 nitrogen and oxygen atoms in total. The summed E-state index contributed by atoms with van der Waals surface area (Å²) in [5.74, 6) is -0.367. The Balaban J connectivity index is 1.50. The van der Waals surface area contributed by atoms with Crippen LogP contribution in [0.1, 0.15) is 62.5 Å². The lowest BCUT2D eigenvalue weighted by molar-refractivity contribution is 0.0688. The van der Waals surface area contributed by atoms with Gasteiger partial charge in [-0.1, -0.05) is 63.9 Å². The highest BCUT2D eigenvalue weighted by molar-refractivity contribution is 5.97. The van der Waals surface area contributed by atoms with Crippen molar-refractivity contribution in [3.8, 4) is 16.9 Å². The van der Waals surface area contributed by atoms with Crippen molar-refractivity contribution in [1.29, 1.82) is 0 Å². The first-order valence-corrected chi connectivity index (χ1v) is 12.0. The molecule has 1 saturated carbocycles. The molecule has 0 saturated heterocycles. The first-order valence-electron chi connectivity index (χ1n) is 12.0. The Hall–Kier alpha value is -3.60. The number of hydrogen-bond acceptors (Lipinski definition) is 3. The number of carboxylic acid groups (broad SMARTS) is 1. The molecule has 0 atom stereocenters. The van der Waals surface area contributed by atoms with Crippen LogP contribution in [0.15, 0.2) is 66.9 Å². The third-order valence-electron chi connectivity index (χ3n) is 6.81. The lowest BCUT2D eigenvalue weighted by Crippen LogP contribution is -2.15. The molecule has 2 N–H and O–H groups in total. The fraction of sp³-hybridized carbons (Fsp3) is 0.310. The number of pyridine rings is 1. The summed E-state index contributed by atoms with van der Waals surface area (Å²) in [5, 5.41) is 14.3. The number of hydrogen-bond donors (Lipinski definition) is 2. The molecular formula is C29H31N3O2. The lowest BCUT2D eigenvalue weighted by atomic mass is 9.86. The molecule has 1 fully saturated rings. The van der Waals surface area contributed by atoms with Crippen LogP contribution in [-0.2, 0) is 5.41 Å². The third-order valence-corrected chi connectivity index (χ3v) is 6.81. The first-order chi connectivity index (χ1) is 16.3. The fourth-order valence-corrected chi connectivity index (χ4v) is 4.87. The molecule has 4 aromatic rings. The van der Waals surface area contributed by atoms with Gasteiger partial charge in [0.2, 0.25) is 0 Å². The van der Waals surface area contributed by atoms with E-state index in [1.165, 1.54) is 31.2 Å². The number of nitrogens with zero attached hydrogens (tertiary/aromatic N) is 2. The highest BCUT2D eigenvalue weighted by Crippen LogP contribution is 2.31. The summed E-state index contributed by atoms with van der Waals surface area (Å²) in [6.45, 7) is 6.61. The van der Waals surface area contributed by atoms with Gasteiger partial charge in [0.1, 0.15) is 11.5 Å². The van der Waals surface area contributed by atoms with Crippen molar-refractivity contribution in [1.82, 2.24) is 9.55 Å². The van der Waals surface area contributed by atoms with Crippen molar-refractivity contribution in [2.75, 3.05) is 5.32 Å². The zero-order valence-corrected chi connectivity index (χ0v) is 20.0. The van der Waals surface area contributed by atoms with Gasteiger partial charge in [-0.15, -0.1) is 0 Å². The van der Waals surface area contributed by atoms with Gasteiger partial charge in [0, 0.05) is 11.4 Å². The van der Waals surface area contributed by atoms with Crippen molar-refractivity contribution in [2.24, 2.45) is 0 Å². The number of fused-ring (bicyclic) bond motifs is 1. The average Bonchev–Trinajstić information content (AvgIpc) is 3.46. The molecule has 2 heterocycles. The van der Waals surface area contributed by atoms with Crippen LogP contribution in [-0.4, -0.2) is 26.7 Å². The number of anilines is 1. The Labute approximate surface area is 200 Å². The molecule has 0 radical (unpaired) electrons. The minimum atomic E-state index is -0.970. The number of nitrogens with one attached hydrogen (secondary N) is 1. The van der Waals surface area contributed by atoms with Gasteiger partial charge >= 0.3 is 5.97 Å². The number of carbonyl (C=O) groups is 1. The molecule has 5 heteroatoms. The molecular weight excluding hydrogens is 422 g/mol. The largest absolute Gasteiger partial charge is 0.477 e. The summed E-state index contributed by atoms with van der Waals surface area (Å²) < 4.78 is 1.73. The Morgan fingerprint density at radius 3 is 2.29 bits per heavy atom. The summed E-state index contributed by atoms with van der Waals surface area (Å²) in [5.41, 5.74) is 5.58. The second kappa shape index (κ2) is 8.64. The second-order valence-electron chi connectivity index (χ2n) is 10.3. The third kappa shape index (κ3) is 4.30. The van der Waals surface area contributed by atoms with Gasteiger partial charge in [-0.2, -0.15) is 0 Å². The maximum Gasteiger partial charge on any atom is 0.352 e. The molecule has 0 unspecified atom stereocenters. The van der Waals surface area contributed by atoms with Crippen molar-refractivity contribution >= 4 is 22.6 Å². The van der Waals surface area contributed by atoms with Gasteiger partial charge in [0.15, 0.2) is 0 Å². The average molecular weight is 454 g/mol.